The third-order valence-electron chi connectivity index (χ3n) is 4.59. The van der Waals surface area contributed by atoms with Crippen LogP contribution in [0.25, 0.3) is 6.08 Å². The van der Waals surface area contributed by atoms with E-state index in [4.69, 9.17) is 4.74 Å². The Morgan fingerprint density at radius 1 is 0.897 bits per heavy atom. The lowest BCUT2D eigenvalue weighted by molar-refractivity contribution is 0.0497. The van der Waals surface area contributed by atoms with Gasteiger partial charge in [-0.05, 0) is 36.3 Å². The third-order valence-corrected chi connectivity index (χ3v) is 6.41. The van der Waals surface area contributed by atoms with Crippen LogP contribution in [-0.2, 0) is 21.3 Å². The molecule has 0 spiro atoms. The highest BCUT2D eigenvalue weighted by Crippen LogP contribution is 2.23. The van der Waals surface area contributed by atoms with E-state index < -0.39 is 16.3 Å². The van der Waals surface area contributed by atoms with Gasteiger partial charge in [0.15, 0.2) is 0 Å². The van der Waals surface area contributed by atoms with E-state index in [2.05, 4.69) is 0 Å². The molecule has 29 heavy (non-hydrogen) atoms. The van der Waals surface area contributed by atoms with E-state index in [-0.39, 0.29) is 11.4 Å². The van der Waals surface area contributed by atoms with E-state index in [0.717, 1.165) is 16.7 Å². The highest BCUT2D eigenvalue weighted by Gasteiger charge is 2.30. The molecule has 3 aromatic carbocycles. The Bertz CT molecular complexity index is 1030. The zero-order chi connectivity index (χ0) is 20.7. The second-order valence-corrected chi connectivity index (χ2v) is 8.64. The molecule has 0 radical (unpaired) electrons. The van der Waals surface area contributed by atoms with E-state index in [0.29, 0.717) is 0 Å². The Kier molecular flexibility index (Phi) is 6.99. The van der Waals surface area contributed by atoms with Crippen LogP contribution in [0.3, 0.4) is 0 Å². The summed E-state index contributed by atoms with van der Waals surface area (Å²) >= 11 is 0. The minimum Gasteiger partial charge on any atom is -0.362 e. The van der Waals surface area contributed by atoms with Gasteiger partial charge in [0, 0.05) is 13.7 Å². The van der Waals surface area contributed by atoms with Gasteiger partial charge in [-0.15, -0.1) is 0 Å². The molecule has 0 saturated carbocycles. The Hall–Kier alpha value is -2.73. The summed E-state index contributed by atoms with van der Waals surface area (Å²) in [6, 6.07) is 26.1. The maximum absolute atomic E-state index is 13.5. The molecule has 0 aliphatic heterocycles. The molecule has 0 amide bonds. The number of methoxy groups -OCH3 is 1. The molecule has 150 valence electrons. The summed E-state index contributed by atoms with van der Waals surface area (Å²) in [6.07, 6.45) is 2.89. The lowest BCUT2D eigenvalue weighted by atomic mass is 10.2. The van der Waals surface area contributed by atoms with E-state index in [9.17, 15) is 8.42 Å². The van der Waals surface area contributed by atoms with Gasteiger partial charge in [-0.3, -0.25) is 0 Å². The first-order valence-electron chi connectivity index (χ1n) is 9.39. The number of aryl methyl sites for hydroxylation is 1. The van der Waals surface area contributed by atoms with Crippen molar-refractivity contribution in [1.29, 1.82) is 0 Å². The summed E-state index contributed by atoms with van der Waals surface area (Å²) in [5.41, 5.74) is 2.87. The van der Waals surface area contributed by atoms with Crippen LogP contribution < -0.4 is 0 Å². The molecule has 0 fully saturated rings. The molecule has 0 bridgehead atoms. The molecule has 0 aliphatic rings. The fourth-order valence-electron chi connectivity index (χ4n) is 2.97. The number of benzene rings is 3. The zero-order valence-corrected chi connectivity index (χ0v) is 17.4. The first-order chi connectivity index (χ1) is 14.0. The number of nitrogens with zero attached hydrogens (tertiary/aromatic N) is 1. The number of hydrogen-bond acceptors (Lipinski definition) is 3. The Balaban J connectivity index is 1.99. The molecule has 1 unspecified atom stereocenters. The fraction of sp³-hybridized carbons (Fsp3) is 0.167. The summed E-state index contributed by atoms with van der Waals surface area (Å²) < 4.78 is 33.9. The normalized spacial score (nSPS) is 13.1. The van der Waals surface area contributed by atoms with E-state index >= 15 is 0 Å². The van der Waals surface area contributed by atoms with Gasteiger partial charge in [-0.25, -0.2) is 8.42 Å². The standard InChI is InChI=1S/C24H25NO3S/c1-20-13-16-23(17-14-20)29(26,27)25(19-22-11-7-4-8-12-22)24(28-2)18-15-21-9-5-3-6-10-21/h3-18,24H,19H2,1-2H3/b18-15+. The van der Waals surface area contributed by atoms with Gasteiger partial charge in [0.25, 0.3) is 0 Å². The van der Waals surface area contributed by atoms with Crippen molar-refractivity contribution in [2.75, 3.05) is 7.11 Å². The van der Waals surface area contributed by atoms with Crippen LogP contribution in [-0.4, -0.2) is 26.1 Å². The lowest BCUT2D eigenvalue weighted by Crippen LogP contribution is -2.39. The second kappa shape index (κ2) is 9.65. The summed E-state index contributed by atoms with van der Waals surface area (Å²) in [7, 11) is -2.26. The summed E-state index contributed by atoms with van der Waals surface area (Å²) in [5, 5.41) is 0. The number of sulfonamides is 1. The Morgan fingerprint density at radius 2 is 1.48 bits per heavy atom. The van der Waals surface area contributed by atoms with Crippen molar-refractivity contribution >= 4 is 16.1 Å². The number of rotatable bonds is 8. The van der Waals surface area contributed by atoms with Crippen molar-refractivity contribution in [2.45, 2.75) is 24.6 Å². The second-order valence-electron chi connectivity index (χ2n) is 6.74. The summed E-state index contributed by atoms with van der Waals surface area (Å²) in [4.78, 5) is 0.245. The molecule has 0 saturated heterocycles. The lowest BCUT2D eigenvalue weighted by Gasteiger charge is -2.28. The summed E-state index contributed by atoms with van der Waals surface area (Å²) in [5.74, 6) is 0. The highest BCUT2D eigenvalue weighted by atomic mass is 32.2. The van der Waals surface area contributed by atoms with Crippen molar-refractivity contribution in [2.24, 2.45) is 0 Å². The van der Waals surface area contributed by atoms with E-state index in [1.54, 1.807) is 30.3 Å². The molecule has 3 aromatic rings. The van der Waals surface area contributed by atoms with Crippen LogP contribution in [0.15, 0.2) is 95.9 Å². The van der Waals surface area contributed by atoms with Gasteiger partial charge >= 0.3 is 0 Å². The Labute approximate surface area is 173 Å². The van der Waals surface area contributed by atoms with Gasteiger partial charge in [0.05, 0.1) is 4.90 Å². The average Bonchev–Trinajstić information content (AvgIpc) is 2.75. The monoisotopic (exact) mass is 407 g/mol. The van der Waals surface area contributed by atoms with Gasteiger partial charge < -0.3 is 4.74 Å². The van der Waals surface area contributed by atoms with Gasteiger partial charge in [-0.2, -0.15) is 4.31 Å². The van der Waals surface area contributed by atoms with Crippen molar-refractivity contribution in [1.82, 2.24) is 4.31 Å². The van der Waals surface area contributed by atoms with Crippen molar-refractivity contribution in [3.05, 3.63) is 108 Å². The van der Waals surface area contributed by atoms with Crippen molar-refractivity contribution < 1.29 is 13.2 Å². The van der Waals surface area contributed by atoms with E-state index in [1.807, 2.05) is 73.7 Å². The average molecular weight is 408 g/mol. The SMILES string of the molecule is COC(/C=C/c1ccccc1)N(Cc1ccccc1)S(=O)(=O)c1ccc(C)cc1. The van der Waals surface area contributed by atoms with Crippen LogP contribution in [0.2, 0.25) is 0 Å². The quantitative estimate of drug-likeness (QED) is 0.501. The minimum absolute atomic E-state index is 0.203. The minimum atomic E-state index is -3.77. The topological polar surface area (TPSA) is 46.6 Å². The largest absolute Gasteiger partial charge is 0.362 e. The molecule has 0 aliphatic carbocycles. The molecule has 0 N–H and O–H groups in total. The van der Waals surface area contributed by atoms with E-state index in [1.165, 1.54) is 11.4 Å². The van der Waals surface area contributed by atoms with Crippen LogP contribution in [0.1, 0.15) is 16.7 Å². The maximum Gasteiger partial charge on any atom is 0.245 e. The molecule has 3 rings (SSSR count). The molecule has 1 atom stereocenters. The molecule has 0 heterocycles. The first kappa shape index (κ1) is 21.0. The van der Waals surface area contributed by atoms with Crippen LogP contribution in [0, 0.1) is 6.92 Å². The molecule has 4 nitrogen and oxygen atoms in total. The van der Waals surface area contributed by atoms with Crippen LogP contribution >= 0.6 is 0 Å². The Morgan fingerprint density at radius 3 is 2.07 bits per heavy atom. The maximum atomic E-state index is 13.5. The van der Waals surface area contributed by atoms with Gasteiger partial charge in [0.2, 0.25) is 10.0 Å². The number of hydrogen-bond donors (Lipinski definition) is 0. The van der Waals surface area contributed by atoms with Crippen LogP contribution in [0.4, 0.5) is 0 Å². The van der Waals surface area contributed by atoms with Crippen LogP contribution in [0.5, 0.6) is 0 Å². The fourth-order valence-corrected chi connectivity index (χ4v) is 4.47. The zero-order valence-electron chi connectivity index (χ0n) is 16.6. The molecule has 0 aromatic heterocycles. The molecular weight excluding hydrogens is 382 g/mol. The van der Waals surface area contributed by atoms with Crippen molar-refractivity contribution in [3.8, 4) is 0 Å². The first-order valence-corrected chi connectivity index (χ1v) is 10.8. The number of ether oxygens (including phenoxy) is 1. The smallest absolute Gasteiger partial charge is 0.245 e. The highest BCUT2D eigenvalue weighted by molar-refractivity contribution is 7.89. The predicted octanol–water partition coefficient (Wildman–Crippen LogP) is 4.87. The summed E-state index contributed by atoms with van der Waals surface area (Å²) in [6.45, 7) is 2.13. The van der Waals surface area contributed by atoms with Gasteiger partial charge in [-0.1, -0.05) is 84.4 Å². The van der Waals surface area contributed by atoms with Gasteiger partial charge in [0.1, 0.15) is 6.23 Å². The molecular formula is C24H25NO3S. The van der Waals surface area contributed by atoms with Crippen molar-refractivity contribution in [3.63, 3.8) is 0 Å². The third kappa shape index (κ3) is 5.41. The molecule has 5 heteroatoms. The predicted molar refractivity (Wildman–Crippen MR) is 117 cm³/mol.